The second-order valence-corrected chi connectivity index (χ2v) is 6.32. The van der Waals surface area contributed by atoms with Crippen LogP contribution in [0, 0.1) is 11.3 Å². The van der Waals surface area contributed by atoms with Crippen LogP contribution < -0.4 is 5.32 Å². The highest BCUT2D eigenvalue weighted by molar-refractivity contribution is 7.11. The Balaban J connectivity index is 1.71. The molecule has 1 N–H and O–H groups in total. The monoisotopic (exact) mass is 283 g/mol. The number of aromatic nitrogens is 1. The van der Waals surface area contributed by atoms with Gasteiger partial charge in [0, 0.05) is 17.5 Å². The van der Waals surface area contributed by atoms with Crippen molar-refractivity contribution in [2.45, 2.75) is 25.2 Å². The lowest BCUT2D eigenvalue weighted by molar-refractivity contribution is 0.465. The van der Waals surface area contributed by atoms with Crippen LogP contribution in [-0.4, -0.2) is 18.1 Å². The number of nitrogens with zero attached hydrogens (tertiary/aromatic N) is 2. The molecule has 20 heavy (non-hydrogen) atoms. The molecule has 0 radical (unpaired) electrons. The molecule has 102 valence electrons. The number of nitrogens with one attached hydrogen (secondary N) is 1. The number of piperidine rings is 1. The standard InChI is InChI=1S/C16H17N3S/c17-10-13-3-1-2-12(8-13)9-16-19-11-15(20-16)14-4-6-18-7-5-14/h1-3,8,11,14,18H,4-7,9H2. The molecular formula is C16H17N3S. The Labute approximate surface area is 123 Å². The van der Waals surface area contributed by atoms with Crippen LogP contribution in [0.1, 0.15) is 39.8 Å². The van der Waals surface area contributed by atoms with Crippen molar-refractivity contribution in [2.75, 3.05) is 13.1 Å². The third kappa shape index (κ3) is 3.06. The van der Waals surface area contributed by atoms with Gasteiger partial charge < -0.3 is 5.32 Å². The Bertz CT molecular complexity index is 621. The van der Waals surface area contributed by atoms with Gasteiger partial charge in [-0.3, -0.25) is 0 Å². The molecule has 0 atom stereocenters. The van der Waals surface area contributed by atoms with Crippen LogP contribution in [0.15, 0.2) is 30.5 Å². The van der Waals surface area contributed by atoms with Crippen molar-refractivity contribution in [3.05, 3.63) is 51.5 Å². The smallest absolute Gasteiger partial charge is 0.0991 e. The van der Waals surface area contributed by atoms with Gasteiger partial charge >= 0.3 is 0 Å². The third-order valence-corrected chi connectivity index (χ3v) is 4.88. The lowest BCUT2D eigenvalue weighted by Gasteiger charge is -2.20. The molecule has 1 aliphatic rings. The summed E-state index contributed by atoms with van der Waals surface area (Å²) in [5.41, 5.74) is 1.88. The van der Waals surface area contributed by atoms with E-state index in [1.165, 1.54) is 17.7 Å². The van der Waals surface area contributed by atoms with Gasteiger partial charge in [0.15, 0.2) is 0 Å². The first kappa shape index (κ1) is 13.3. The van der Waals surface area contributed by atoms with Gasteiger partial charge in [-0.15, -0.1) is 11.3 Å². The molecule has 0 bridgehead atoms. The van der Waals surface area contributed by atoms with Gasteiger partial charge in [-0.2, -0.15) is 5.26 Å². The molecule has 0 saturated carbocycles. The van der Waals surface area contributed by atoms with E-state index in [1.807, 2.05) is 35.7 Å². The highest BCUT2D eigenvalue weighted by Gasteiger charge is 2.17. The minimum absolute atomic E-state index is 0.674. The molecular weight excluding hydrogens is 266 g/mol. The van der Waals surface area contributed by atoms with Gasteiger partial charge in [-0.05, 0) is 49.5 Å². The van der Waals surface area contributed by atoms with Crippen molar-refractivity contribution in [3.63, 3.8) is 0 Å². The Kier molecular flexibility index (Phi) is 4.10. The normalized spacial score (nSPS) is 15.9. The minimum atomic E-state index is 0.674. The fourth-order valence-corrected chi connectivity index (χ4v) is 3.75. The zero-order valence-corrected chi connectivity index (χ0v) is 12.1. The Hall–Kier alpha value is -1.70. The number of benzene rings is 1. The molecule has 1 aliphatic heterocycles. The number of rotatable bonds is 3. The Morgan fingerprint density at radius 1 is 1.35 bits per heavy atom. The quantitative estimate of drug-likeness (QED) is 0.941. The molecule has 1 saturated heterocycles. The first-order chi connectivity index (χ1) is 9.85. The van der Waals surface area contributed by atoms with Crippen LogP contribution in [-0.2, 0) is 6.42 Å². The zero-order valence-electron chi connectivity index (χ0n) is 11.3. The molecule has 0 aliphatic carbocycles. The summed E-state index contributed by atoms with van der Waals surface area (Å²) < 4.78 is 0. The summed E-state index contributed by atoms with van der Waals surface area (Å²) in [4.78, 5) is 5.97. The largest absolute Gasteiger partial charge is 0.317 e. The van der Waals surface area contributed by atoms with Crippen LogP contribution in [0.2, 0.25) is 0 Å². The summed E-state index contributed by atoms with van der Waals surface area (Å²) in [6.45, 7) is 2.23. The first-order valence-electron chi connectivity index (χ1n) is 6.99. The van der Waals surface area contributed by atoms with Crippen molar-refractivity contribution in [1.82, 2.24) is 10.3 Å². The van der Waals surface area contributed by atoms with E-state index in [9.17, 15) is 0 Å². The average molecular weight is 283 g/mol. The van der Waals surface area contributed by atoms with Crippen LogP contribution in [0.3, 0.4) is 0 Å². The molecule has 3 rings (SSSR count). The minimum Gasteiger partial charge on any atom is -0.317 e. The molecule has 1 aromatic heterocycles. The second-order valence-electron chi connectivity index (χ2n) is 5.17. The van der Waals surface area contributed by atoms with Crippen molar-refractivity contribution in [3.8, 4) is 6.07 Å². The van der Waals surface area contributed by atoms with Crippen LogP contribution in [0.25, 0.3) is 0 Å². The molecule has 4 heteroatoms. The van der Waals surface area contributed by atoms with E-state index in [0.717, 1.165) is 35.6 Å². The van der Waals surface area contributed by atoms with Crippen LogP contribution in [0.5, 0.6) is 0 Å². The fraction of sp³-hybridized carbons (Fsp3) is 0.375. The number of nitriles is 1. The molecule has 0 unspecified atom stereocenters. The Morgan fingerprint density at radius 2 is 2.20 bits per heavy atom. The van der Waals surface area contributed by atoms with Gasteiger partial charge in [0.05, 0.1) is 16.6 Å². The molecule has 2 aromatic rings. The topological polar surface area (TPSA) is 48.7 Å². The van der Waals surface area contributed by atoms with E-state index >= 15 is 0 Å². The van der Waals surface area contributed by atoms with Gasteiger partial charge in [0.25, 0.3) is 0 Å². The lowest BCUT2D eigenvalue weighted by atomic mass is 9.97. The second kappa shape index (κ2) is 6.17. The summed E-state index contributed by atoms with van der Waals surface area (Å²) in [6, 6.07) is 9.98. The predicted octanol–water partition coefficient (Wildman–Crippen LogP) is 3.07. The van der Waals surface area contributed by atoms with E-state index in [4.69, 9.17) is 5.26 Å². The number of hydrogen-bond acceptors (Lipinski definition) is 4. The highest BCUT2D eigenvalue weighted by atomic mass is 32.1. The van der Waals surface area contributed by atoms with Crippen molar-refractivity contribution < 1.29 is 0 Å². The van der Waals surface area contributed by atoms with Gasteiger partial charge in [-0.25, -0.2) is 4.98 Å². The summed E-state index contributed by atoms with van der Waals surface area (Å²) >= 11 is 1.83. The van der Waals surface area contributed by atoms with E-state index < -0.39 is 0 Å². The van der Waals surface area contributed by atoms with E-state index in [0.29, 0.717) is 5.92 Å². The fourth-order valence-electron chi connectivity index (χ4n) is 2.63. The van der Waals surface area contributed by atoms with Gasteiger partial charge in [0.1, 0.15) is 0 Å². The summed E-state index contributed by atoms with van der Waals surface area (Å²) in [7, 11) is 0. The molecule has 1 fully saturated rings. The first-order valence-corrected chi connectivity index (χ1v) is 7.81. The maximum atomic E-state index is 8.93. The van der Waals surface area contributed by atoms with Crippen LogP contribution >= 0.6 is 11.3 Å². The van der Waals surface area contributed by atoms with Gasteiger partial charge in [-0.1, -0.05) is 12.1 Å². The van der Waals surface area contributed by atoms with E-state index in [2.05, 4.69) is 22.4 Å². The molecule has 0 amide bonds. The van der Waals surface area contributed by atoms with Crippen molar-refractivity contribution in [1.29, 1.82) is 5.26 Å². The molecule has 1 aromatic carbocycles. The summed E-state index contributed by atoms with van der Waals surface area (Å²) in [6.07, 6.45) is 5.30. The zero-order chi connectivity index (χ0) is 13.8. The highest BCUT2D eigenvalue weighted by Crippen LogP contribution is 2.30. The molecule has 0 spiro atoms. The molecule has 2 heterocycles. The van der Waals surface area contributed by atoms with Crippen molar-refractivity contribution in [2.24, 2.45) is 0 Å². The number of hydrogen-bond donors (Lipinski definition) is 1. The third-order valence-electron chi connectivity index (χ3n) is 3.72. The average Bonchev–Trinajstić information content (AvgIpc) is 2.97. The summed E-state index contributed by atoms with van der Waals surface area (Å²) in [5, 5.41) is 13.5. The van der Waals surface area contributed by atoms with Crippen LogP contribution in [0.4, 0.5) is 0 Å². The lowest BCUT2D eigenvalue weighted by Crippen LogP contribution is -2.26. The Morgan fingerprint density at radius 3 is 3.00 bits per heavy atom. The predicted molar refractivity (Wildman–Crippen MR) is 80.9 cm³/mol. The molecule has 3 nitrogen and oxygen atoms in total. The van der Waals surface area contributed by atoms with E-state index in [1.54, 1.807) is 0 Å². The maximum Gasteiger partial charge on any atom is 0.0991 e. The van der Waals surface area contributed by atoms with Gasteiger partial charge in [0.2, 0.25) is 0 Å². The number of thiazole rings is 1. The SMILES string of the molecule is N#Cc1cccc(Cc2ncc(C3CCNCC3)s2)c1. The maximum absolute atomic E-state index is 8.93. The summed E-state index contributed by atoms with van der Waals surface area (Å²) in [5.74, 6) is 0.674. The van der Waals surface area contributed by atoms with Crippen molar-refractivity contribution >= 4 is 11.3 Å². The van der Waals surface area contributed by atoms with E-state index in [-0.39, 0.29) is 0 Å².